The van der Waals surface area contributed by atoms with Crippen LogP contribution in [0.15, 0.2) is 54.6 Å². The predicted molar refractivity (Wildman–Crippen MR) is 96.4 cm³/mol. The van der Waals surface area contributed by atoms with E-state index in [-0.39, 0.29) is 20.8 Å². The minimum absolute atomic E-state index is 0.0971. The van der Waals surface area contributed by atoms with Crippen molar-refractivity contribution in [2.75, 3.05) is 5.32 Å². The quantitative estimate of drug-likeness (QED) is 0.656. The Bertz CT molecular complexity index is 910. The van der Waals surface area contributed by atoms with Crippen molar-refractivity contribution in [2.45, 2.75) is 0 Å². The van der Waals surface area contributed by atoms with E-state index in [4.69, 9.17) is 23.2 Å². The van der Waals surface area contributed by atoms with Gasteiger partial charge in [-0.3, -0.25) is 9.59 Å². The van der Waals surface area contributed by atoms with E-state index in [1.54, 1.807) is 48.5 Å². The zero-order valence-electron chi connectivity index (χ0n) is 12.1. The molecular formula is C17H10Cl2N2O2S. The Hall–Kier alpha value is -2.21. The van der Waals surface area contributed by atoms with E-state index in [1.807, 2.05) is 6.07 Å². The number of benzene rings is 2. The maximum Gasteiger partial charge on any atom is 0.268 e. The third-order valence-electron chi connectivity index (χ3n) is 3.22. The zero-order chi connectivity index (χ0) is 17.1. The molecule has 0 aliphatic carbocycles. The number of rotatable bonds is 4. The van der Waals surface area contributed by atoms with Crippen LogP contribution in [0.2, 0.25) is 10.2 Å². The number of nitrogens with one attached hydrogen (secondary N) is 1. The zero-order valence-corrected chi connectivity index (χ0v) is 14.5. The molecule has 1 N–H and O–H groups in total. The first-order valence-corrected chi connectivity index (χ1v) is 8.41. The molecule has 0 bridgehead atoms. The van der Waals surface area contributed by atoms with Crippen LogP contribution in [-0.4, -0.2) is 16.1 Å². The Morgan fingerprint density at radius 3 is 2.33 bits per heavy atom. The SMILES string of the molecule is O=C(c1ccccc1)c1cccc(NC(=O)c2snc(Cl)c2Cl)c1. The van der Waals surface area contributed by atoms with Crippen molar-refractivity contribution in [3.63, 3.8) is 0 Å². The molecule has 0 atom stereocenters. The number of nitrogens with zero attached hydrogens (tertiary/aromatic N) is 1. The molecular weight excluding hydrogens is 367 g/mol. The fourth-order valence-corrected chi connectivity index (χ4v) is 3.19. The van der Waals surface area contributed by atoms with E-state index in [9.17, 15) is 9.59 Å². The summed E-state index contributed by atoms with van der Waals surface area (Å²) >= 11 is 12.6. The molecule has 1 heterocycles. The number of carbonyl (C=O) groups is 2. The van der Waals surface area contributed by atoms with Gasteiger partial charge >= 0.3 is 0 Å². The van der Waals surface area contributed by atoms with Crippen molar-refractivity contribution in [2.24, 2.45) is 0 Å². The molecule has 7 heteroatoms. The average Bonchev–Trinajstić information content (AvgIpc) is 2.94. The first-order valence-electron chi connectivity index (χ1n) is 6.88. The van der Waals surface area contributed by atoms with Crippen molar-refractivity contribution in [1.29, 1.82) is 0 Å². The van der Waals surface area contributed by atoms with Gasteiger partial charge in [-0.2, -0.15) is 4.37 Å². The number of halogens is 2. The van der Waals surface area contributed by atoms with Gasteiger partial charge in [-0.05, 0) is 23.7 Å². The summed E-state index contributed by atoms with van der Waals surface area (Å²) in [6.45, 7) is 0. The molecule has 0 saturated carbocycles. The molecule has 3 aromatic rings. The summed E-state index contributed by atoms with van der Waals surface area (Å²) in [5.41, 5.74) is 1.55. The van der Waals surface area contributed by atoms with Crippen LogP contribution in [0.5, 0.6) is 0 Å². The number of anilines is 1. The van der Waals surface area contributed by atoms with Gasteiger partial charge in [0.15, 0.2) is 10.9 Å². The molecule has 0 aliphatic rings. The second-order valence-electron chi connectivity index (χ2n) is 4.85. The summed E-state index contributed by atoms with van der Waals surface area (Å²) in [5, 5.41) is 2.91. The number of hydrogen-bond donors (Lipinski definition) is 1. The Labute approximate surface area is 152 Å². The summed E-state index contributed by atoms with van der Waals surface area (Å²) in [4.78, 5) is 24.9. The molecule has 0 unspecified atom stereocenters. The third kappa shape index (κ3) is 3.48. The number of amides is 1. The first-order chi connectivity index (χ1) is 11.6. The van der Waals surface area contributed by atoms with Crippen molar-refractivity contribution in [1.82, 2.24) is 4.37 Å². The highest BCUT2D eigenvalue weighted by molar-refractivity contribution is 7.09. The highest BCUT2D eigenvalue weighted by Gasteiger charge is 2.18. The lowest BCUT2D eigenvalue weighted by Crippen LogP contribution is -2.11. The van der Waals surface area contributed by atoms with Crippen LogP contribution in [0.25, 0.3) is 0 Å². The minimum Gasteiger partial charge on any atom is -0.321 e. The van der Waals surface area contributed by atoms with Crippen LogP contribution in [0.4, 0.5) is 5.69 Å². The second kappa shape index (κ2) is 7.13. The van der Waals surface area contributed by atoms with Gasteiger partial charge in [0.25, 0.3) is 5.91 Å². The summed E-state index contributed by atoms with van der Waals surface area (Å²) in [5.74, 6) is -0.542. The van der Waals surface area contributed by atoms with Crippen molar-refractivity contribution in [3.05, 3.63) is 80.8 Å². The Balaban J connectivity index is 1.82. The smallest absolute Gasteiger partial charge is 0.268 e. The van der Waals surface area contributed by atoms with E-state index in [2.05, 4.69) is 9.69 Å². The van der Waals surface area contributed by atoms with Crippen LogP contribution < -0.4 is 5.32 Å². The largest absolute Gasteiger partial charge is 0.321 e. The minimum atomic E-state index is -0.422. The predicted octanol–water partition coefficient (Wildman–Crippen LogP) is 4.93. The topological polar surface area (TPSA) is 59.1 Å². The molecule has 0 aliphatic heterocycles. The maximum absolute atomic E-state index is 12.5. The van der Waals surface area contributed by atoms with Crippen LogP contribution in [-0.2, 0) is 0 Å². The van der Waals surface area contributed by atoms with Gasteiger partial charge in [0, 0.05) is 16.8 Å². The number of carbonyl (C=O) groups excluding carboxylic acids is 2. The summed E-state index contributed by atoms with van der Waals surface area (Å²) in [7, 11) is 0. The van der Waals surface area contributed by atoms with E-state index in [0.717, 1.165) is 11.5 Å². The molecule has 1 aromatic heterocycles. The molecule has 0 fully saturated rings. The van der Waals surface area contributed by atoms with Gasteiger partial charge in [-0.15, -0.1) is 0 Å². The Kier molecular flexibility index (Phi) is 4.94. The molecule has 0 spiro atoms. The highest BCUT2D eigenvalue weighted by atomic mass is 35.5. The van der Waals surface area contributed by atoms with Gasteiger partial charge in [0.2, 0.25) is 0 Å². The van der Waals surface area contributed by atoms with Crippen LogP contribution in [0.3, 0.4) is 0 Å². The number of ketones is 1. The van der Waals surface area contributed by atoms with Gasteiger partial charge < -0.3 is 5.32 Å². The van der Waals surface area contributed by atoms with Gasteiger partial charge in [-0.25, -0.2) is 0 Å². The molecule has 2 aromatic carbocycles. The monoisotopic (exact) mass is 376 g/mol. The maximum atomic E-state index is 12.5. The van der Waals surface area contributed by atoms with E-state index < -0.39 is 5.91 Å². The fraction of sp³-hybridized carbons (Fsp3) is 0. The summed E-state index contributed by atoms with van der Waals surface area (Å²) in [6.07, 6.45) is 0. The first kappa shape index (κ1) is 16.6. The van der Waals surface area contributed by atoms with Gasteiger partial charge in [-0.1, -0.05) is 65.7 Å². The molecule has 0 saturated heterocycles. The van der Waals surface area contributed by atoms with E-state index >= 15 is 0 Å². The van der Waals surface area contributed by atoms with Crippen LogP contribution in [0.1, 0.15) is 25.6 Å². The lowest BCUT2D eigenvalue weighted by molar-refractivity contribution is 0.102. The van der Waals surface area contributed by atoms with Gasteiger partial charge in [0.1, 0.15) is 9.90 Å². The number of hydrogen-bond acceptors (Lipinski definition) is 4. The van der Waals surface area contributed by atoms with Crippen LogP contribution in [0, 0.1) is 0 Å². The molecule has 0 radical (unpaired) electrons. The molecule has 3 rings (SSSR count). The van der Waals surface area contributed by atoms with Gasteiger partial charge in [0.05, 0.1) is 0 Å². The molecule has 1 amide bonds. The molecule has 24 heavy (non-hydrogen) atoms. The van der Waals surface area contributed by atoms with Crippen LogP contribution >= 0.6 is 34.7 Å². The van der Waals surface area contributed by atoms with Crippen molar-refractivity contribution < 1.29 is 9.59 Å². The summed E-state index contributed by atoms with van der Waals surface area (Å²) in [6, 6.07) is 15.6. The lowest BCUT2D eigenvalue weighted by atomic mass is 10.0. The molecule has 120 valence electrons. The highest BCUT2D eigenvalue weighted by Crippen LogP contribution is 2.29. The van der Waals surface area contributed by atoms with Crippen molar-refractivity contribution in [3.8, 4) is 0 Å². The third-order valence-corrected chi connectivity index (χ3v) is 5.02. The Morgan fingerprint density at radius 2 is 1.67 bits per heavy atom. The van der Waals surface area contributed by atoms with E-state index in [0.29, 0.717) is 16.8 Å². The number of aromatic nitrogens is 1. The standard InChI is InChI=1S/C17H10Cl2N2O2S/c18-13-15(24-21-16(13)19)17(23)20-12-8-4-7-11(9-12)14(22)10-5-2-1-3-6-10/h1-9H,(H,20,23). The Morgan fingerprint density at radius 1 is 0.958 bits per heavy atom. The molecule has 4 nitrogen and oxygen atoms in total. The average molecular weight is 377 g/mol. The fourth-order valence-electron chi connectivity index (χ4n) is 2.08. The normalized spacial score (nSPS) is 10.4. The van der Waals surface area contributed by atoms with Crippen molar-refractivity contribution >= 4 is 52.1 Å². The lowest BCUT2D eigenvalue weighted by Gasteiger charge is -2.06. The van der Waals surface area contributed by atoms with E-state index in [1.165, 1.54) is 0 Å². The second-order valence-corrected chi connectivity index (χ2v) is 6.36. The summed E-state index contributed by atoms with van der Waals surface area (Å²) < 4.78 is 3.82.